The number of rotatable bonds is 1. The van der Waals surface area contributed by atoms with Crippen LogP contribution in [0.1, 0.15) is 49.7 Å². The van der Waals surface area contributed by atoms with Gasteiger partial charge in [-0.05, 0) is 44.4 Å². The van der Waals surface area contributed by atoms with E-state index in [4.69, 9.17) is 0 Å². The van der Waals surface area contributed by atoms with E-state index in [0.29, 0.717) is 6.42 Å². The number of hydrogen-bond acceptors (Lipinski definition) is 3. The van der Waals surface area contributed by atoms with Crippen molar-refractivity contribution < 1.29 is 10.2 Å². The third-order valence-corrected chi connectivity index (χ3v) is 6.66. The number of aromatic nitrogens is 1. The lowest BCUT2D eigenvalue weighted by Gasteiger charge is -2.57. The van der Waals surface area contributed by atoms with Gasteiger partial charge in [0.15, 0.2) is 0 Å². The molecule has 4 heteroatoms. The van der Waals surface area contributed by atoms with Gasteiger partial charge in [0, 0.05) is 29.5 Å². The summed E-state index contributed by atoms with van der Waals surface area (Å²) in [5.74, 6) is 0. The van der Waals surface area contributed by atoms with Crippen molar-refractivity contribution in [1.82, 2.24) is 9.47 Å². The first kappa shape index (κ1) is 14.0. The Labute approximate surface area is 136 Å². The minimum Gasteiger partial charge on any atom is -0.393 e. The lowest BCUT2D eigenvalue weighted by Crippen LogP contribution is -2.57. The molecule has 23 heavy (non-hydrogen) atoms. The minimum absolute atomic E-state index is 0.211. The third-order valence-electron chi connectivity index (χ3n) is 6.66. The summed E-state index contributed by atoms with van der Waals surface area (Å²) in [5, 5.41) is 22.9. The number of aliphatic hydroxyl groups is 2. The van der Waals surface area contributed by atoms with Crippen molar-refractivity contribution in [3.8, 4) is 0 Å². The van der Waals surface area contributed by atoms with Gasteiger partial charge in [-0.1, -0.05) is 18.2 Å². The van der Waals surface area contributed by atoms with Crippen LogP contribution in [0.4, 0.5) is 0 Å². The zero-order valence-corrected chi connectivity index (χ0v) is 13.6. The highest BCUT2D eigenvalue weighted by atomic mass is 16.3. The van der Waals surface area contributed by atoms with E-state index >= 15 is 0 Å². The number of piperidine rings is 1. The molecule has 122 valence electrons. The maximum Gasteiger partial charge on any atom is 0.131 e. The molecule has 0 unspecified atom stereocenters. The van der Waals surface area contributed by atoms with Crippen molar-refractivity contribution >= 4 is 10.9 Å². The van der Waals surface area contributed by atoms with E-state index in [1.807, 2.05) is 6.92 Å². The summed E-state index contributed by atoms with van der Waals surface area (Å²) >= 11 is 0. The first-order valence-electron chi connectivity index (χ1n) is 8.85. The lowest BCUT2D eigenvalue weighted by atomic mass is 9.63. The number of para-hydroxylation sites is 1. The summed E-state index contributed by atoms with van der Waals surface area (Å²) in [6.45, 7) is 4.09. The Balaban J connectivity index is 1.85. The van der Waals surface area contributed by atoms with Crippen LogP contribution in [0.3, 0.4) is 0 Å². The fourth-order valence-corrected chi connectivity index (χ4v) is 5.67. The fourth-order valence-electron chi connectivity index (χ4n) is 5.67. The number of aliphatic hydroxyl groups excluding tert-OH is 2. The molecule has 0 saturated carbocycles. The number of nitrogens with zero attached hydrogens (tertiary/aromatic N) is 2. The van der Waals surface area contributed by atoms with Gasteiger partial charge in [-0.15, -0.1) is 0 Å². The third kappa shape index (κ3) is 1.61. The Hall–Kier alpha value is -1.36. The minimum atomic E-state index is -0.535. The van der Waals surface area contributed by atoms with E-state index < -0.39 is 12.3 Å². The fraction of sp³-hybridized carbons (Fsp3) is 0.579. The molecule has 2 aromatic rings. The molecule has 4 atom stereocenters. The first-order valence-corrected chi connectivity index (χ1v) is 8.85. The van der Waals surface area contributed by atoms with Crippen molar-refractivity contribution in [1.29, 1.82) is 0 Å². The van der Waals surface area contributed by atoms with Crippen LogP contribution in [0.15, 0.2) is 24.3 Å². The molecule has 4 heterocycles. The molecule has 1 fully saturated rings. The number of benzene rings is 1. The molecule has 4 nitrogen and oxygen atoms in total. The van der Waals surface area contributed by atoms with Crippen LogP contribution < -0.4 is 0 Å². The Morgan fingerprint density at radius 3 is 2.91 bits per heavy atom. The van der Waals surface area contributed by atoms with Crippen LogP contribution in [0, 0.1) is 5.41 Å². The van der Waals surface area contributed by atoms with E-state index in [-0.39, 0.29) is 11.5 Å². The Kier molecular flexibility index (Phi) is 2.80. The zero-order chi connectivity index (χ0) is 15.8. The van der Waals surface area contributed by atoms with Crippen LogP contribution in [-0.4, -0.2) is 38.9 Å². The Bertz CT molecular complexity index is 781. The van der Waals surface area contributed by atoms with Crippen molar-refractivity contribution in [3.05, 3.63) is 35.5 Å². The Morgan fingerprint density at radius 1 is 1.26 bits per heavy atom. The second-order valence-electron chi connectivity index (χ2n) is 7.64. The predicted molar refractivity (Wildman–Crippen MR) is 89.2 cm³/mol. The van der Waals surface area contributed by atoms with Crippen molar-refractivity contribution in [2.75, 3.05) is 13.1 Å². The predicted octanol–water partition coefficient (Wildman–Crippen LogP) is 2.60. The van der Waals surface area contributed by atoms with Gasteiger partial charge in [0.05, 0.1) is 17.7 Å². The average molecular weight is 312 g/mol. The zero-order valence-electron chi connectivity index (χ0n) is 13.6. The molecule has 0 amide bonds. The van der Waals surface area contributed by atoms with Gasteiger partial charge in [0.2, 0.25) is 0 Å². The lowest BCUT2D eigenvalue weighted by molar-refractivity contribution is -0.130. The van der Waals surface area contributed by atoms with Gasteiger partial charge in [-0.3, -0.25) is 4.90 Å². The summed E-state index contributed by atoms with van der Waals surface area (Å²) in [7, 11) is 0. The molecule has 0 spiro atoms. The maximum absolute atomic E-state index is 11.0. The van der Waals surface area contributed by atoms with E-state index in [1.165, 1.54) is 16.6 Å². The molecule has 5 rings (SSSR count). The largest absolute Gasteiger partial charge is 0.393 e. The molecule has 1 aromatic heterocycles. The average Bonchev–Trinajstić information content (AvgIpc) is 2.89. The van der Waals surface area contributed by atoms with E-state index in [2.05, 4.69) is 33.7 Å². The van der Waals surface area contributed by atoms with Crippen LogP contribution in [0.25, 0.3) is 10.9 Å². The first-order chi connectivity index (χ1) is 11.1. The molecular weight excluding hydrogens is 288 g/mol. The van der Waals surface area contributed by atoms with Gasteiger partial charge in [0.25, 0.3) is 0 Å². The van der Waals surface area contributed by atoms with Gasteiger partial charge >= 0.3 is 0 Å². The van der Waals surface area contributed by atoms with Gasteiger partial charge in [0.1, 0.15) is 6.23 Å². The van der Waals surface area contributed by atoms with Gasteiger partial charge < -0.3 is 14.8 Å². The highest BCUT2D eigenvalue weighted by Gasteiger charge is 2.55. The van der Waals surface area contributed by atoms with Crippen LogP contribution in [0.5, 0.6) is 0 Å². The molecule has 0 bridgehead atoms. The molecule has 3 aliphatic heterocycles. The molecule has 0 aliphatic carbocycles. The number of hydrogen-bond donors (Lipinski definition) is 2. The van der Waals surface area contributed by atoms with Crippen LogP contribution in [0.2, 0.25) is 0 Å². The SMILES string of the molecule is C[C@H](O)[C@]12CCCN3CCc4c(n(c5ccccc45)[C@@H](O)C1)[C@@H]32. The summed E-state index contributed by atoms with van der Waals surface area (Å²) in [4.78, 5) is 2.56. The van der Waals surface area contributed by atoms with E-state index in [9.17, 15) is 10.2 Å². The highest BCUT2D eigenvalue weighted by molar-refractivity contribution is 5.86. The molecule has 0 radical (unpaired) electrons. The summed E-state index contributed by atoms with van der Waals surface area (Å²) in [5.41, 5.74) is 3.61. The van der Waals surface area contributed by atoms with Crippen molar-refractivity contribution in [3.63, 3.8) is 0 Å². The molecular formula is C19H24N2O2. The summed E-state index contributed by atoms with van der Waals surface area (Å²) in [6.07, 6.45) is 2.88. The van der Waals surface area contributed by atoms with E-state index in [1.54, 1.807) is 0 Å². The molecule has 3 aliphatic rings. The normalized spacial score (nSPS) is 34.4. The van der Waals surface area contributed by atoms with Gasteiger partial charge in [-0.2, -0.15) is 0 Å². The quantitative estimate of drug-likeness (QED) is 0.851. The molecule has 2 N–H and O–H groups in total. The Morgan fingerprint density at radius 2 is 2.09 bits per heavy atom. The molecule has 1 saturated heterocycles. The topological polar surface area (TPSA) is 48.6 Å². The monoisotopic (exact) mass is 312 g/mol. The van der Waals surface area contributed by atoms with E-state index in [0.717, 1.165) is 37.9 Å². The maximum atomic E-state index is 11.0. The van der Waals surface area contributed by atoms with Crippen LogP contribution >= 0.6 is 0 Å². The standard InChI is InChI=1S/C19H24N2O2/c1-12(22)19-8-4-9-20-10-7-14-13-5-2-3-6-15(13)21(16(23)11-19)17(14)18(19)20/h2-3,5-6,12,16,18,22-23H,4,7-11H2,1H3/t12-,16-,18+,19-/m0/s1. The highest BCUT2D eigenvalue weighted by Crippen LogP contribution is 2.59. The second-order valence-corrected chi connectivity index (χ2v) is 7.64. The molecule has 1 aromatic carbocycles. The summed E-state index contributed by atoms with van der Waals surface area (Å²) in [6, 6.07) is 8.70. The summed E-state index contributed by atoms with van der Waals surface area (Å²) < 4.78 is 2.16. The number of fused-ring (bicyclic) bond motifs is 3. The second kappa shape index (κ2) is 4.59. The van der Waals surface area contributed by atoms with Gasteiger partial charge in [-0.25, -0.2) is 0 Å². The van der Waals surface area contributed by atoms with Crippen LogP contribution in [-0.2, 0) is 6.42 Å². The van der Waals surface area contributed by atoms with Crippen molar-refractivity contribution in [2.24, 2.45) is 5.41 Å². The van der Waals surface area contributed by atoms with Crippen molar-refractivity contribution in [2.45, 2.75) is 51.0 Å². The smallest absolute Gasteiger partial charge is 0.131 e.